The first-order chi connectivity index (χ1) is 15.0. The molecule has 0 aliphatic carbocycles. The molecule has 0 heterocycles. The van der Waals surface area contributed by atoms with Gasteiger partial charge in [-0.1, -0.05) is 48.5 Å². The van der Waals surface area contributed by atoms with E-state index < -0.39 is 17.2 Å². The molecule has 0 aromatic heterocycles. The van der Waals surface area contributed by atoms with Gasteiger partial charge < -0.3 is 14.8 Å². The van der Waals surface area contributed by atoms with Gasteiger partial charge in [-0.3, -0.25) is 4.79 Å². The number of esters is 2. The van der Waals surface area contributed by atoms with E-state index in [1.807, 2.05) is 60.7 Å². The maximum absolute atomic E-state index is 13.3. The molecule has 0 aliphatic rings. The maximum atomic E-state index is 13.3. The van der Waals surface area contributed by atoms with Crippen molar-refractivity contribution in [3.05, 3.63) is 95.6 Å². The molecule has 0 fully saturated rings. The van der Waals surface area contributed by atoms with E-state index in [9.17, 15) is 14.4 Å². The first kappa shape index (κ1) is 22.1. The summed E-state index contributed by atoms with van der Waals surface area (Å²) < 4.78 is 9.51. The normalized spacial score (nSPS) is 11.3. The highest BCUT2D eigenvalue weighted by molar-refractivity contribution is 8.00. The number of hydrogen-bond donors (Lipinski definition) is 1. The third-order valence-electron chi connectivity index (χ3n) is 4.38. The number of rotatable bonds is 7. The molecule has 1 amide bonds. The van der Waals surface area contributed by atoms with E-state index in [1.54, 1.807) is 0 Å². The van der Waals surface area contributed by atoms with Crippen molar-refractivity contribution in [1.82, 2.24) is 0 Å². The zero-order valence-corrected chi connectivity index (χ0v) is 17.8. The Morgan fingerprint density at radius 1 is 0.774 bits per heavy atom. The van der Waals surface area contributed by atoms with Gasteiger partial charge >= 0.3 is 11.9 Å². The fourth-order valence-electron chi connectivity index (χ4n) is 2.91. The summed E-state index contributed by atoms with van der Waals surface area (Å²) in [5.74, 6) is -1.54. The molecule has 0 radical (unpaired) electrons. The van der Waals surface area contributed by atoms with E-state index in [0.717, 1.165) is 10.5 Å². The first-order valence-corrected chi connectivity index (χ1v) is 10.3. The van der Waals surface area contributed by atoms with Crippen molar-refractivity contribution in [3.8, 4) is 0 Å². The van der Waals surface area contributed by atoms with E-state index in [1.165, 1.54) is 44.2 Å². The third kappa shape index (κ3) is 5.73. The molecule has 3 rings (SSSR count). The average Bonchev–Trinajstić information content (AvgIpc) is 2.82. The van der Waals surface area contributed by atoms with Gasteiger partial charge in [0, 0.05) is 10.6 Å². The van der Waals surface area contributed by atoms with Crippen LogP contribution in [-0.2, 0) is 14.3 Å². The van der Waals surface area contributed by atoms with Crippen molar-refractivity contribution in [3.63, 3.8) is 0 Å². The summed E-state index contributed by atoms with van der Waals surface area (Å²) in [4.78, 5) is 38.2. The van der Waals surface area contributed by atoms with E-state index in [2.05, 4.69) is 5.32 Å². The molecule has 0 aliphatic heterocycles. The number of ether oxygens (including phenoxy) is 2. The van der Waals surface area contributed by atoms with Crippen LogP contribution in [0.3, 0.4) is 0 Å². The fourth-order valence-corrected chi connectivity index (χ4v) is 3.96. The van der Waals surface area contributed by atoms with Crippen LogP contribution in [0.25, 0.3) is 0 Å². The number of anilines is 1. The summed E-state index contributed by atoms with van der Waals surface area (Å²) in [5.41, 5.74) is 1.38. The molecular formula is C24H21NO5S. The second-order valence-electron chi connectivity index (χ2n) is 6.49. The minimum absolute atomic E-state index is 0.132. The zero-order valence-electron chi connectivity index (χ0n) is 17.0. The van der Waals surface area contributed by atoms with Crippen LogP contribution in [0.1, 0.15) is 31.5 Å². The van der Waals surface area contributed by atoms with Gasteiger partial charge in [0.2, 0.25) is 5.91 Å². The highest BCUT2D eigenvalue weighted by atomic mass is 32.2. The minimum Gasteiger partial charge on any atom is -0.465 e. The predicted octanol–water partition coefficient (Wildman–Crippen LogP) is 4.73. The summed E-state index contributed by atoms with van der Waals surface area (Å²) >= 11 is 1.40. The molecule has 0 spiro atoms. The standard InChI is InChI=1S/C24H21NO5S/c1-29-23(27)17-13-18(24(28)30-2)15-19(14-17)25-22(26)21(16-9-5-3-6-10-16)31-20-11-7-4-8-12-20/h3-15,21H,1-2H3,(H,25,26)/t21-/m0/s1. The van der Waals surface area contributed by atoms with Crippen LogP contribution in [0.15, 0.2) is 83.8 Å². The number of amides is 1. The number of thioether (sulfide) groups is 1. The Morgan fingerprint density at radius 2 is 1.29 bits per heavy atom. The molecule has 3 aromatic carbocycles. The van der Waals surface area contributed by atoms with Gasteiger partial charge in [0.1, 0.15) is 5.25 Å². The second kappa shape index (κ2) is 10.4. The topological polar surface area (TPSA) is 81.7 Å². The van der Waals surface area contributed by atoms with Crippen LogP contribution in [0.2, 0.25) is 0 Å². The van der Waals surface area contributed by atoms with Gasteiger partial charge in [-0.15, -0.1) is 11.8 Å². The molecule has 0 saturated carbocycles. The number of nitrogens with one attached hydrogen (secondary N) is 1. The van der Waals surface area contributed by atoms with Gasteiger partial charge in [-0.2, -0.15) is 0 Å². The van der Waals surface area contributed by atoms with Gasteiger partial charge in [0.15, 0.2) is 0 Å². The SMILES string of the molecule is COC(=O)c1cc(NC(=O)[C@@H](Sc2ccccc2)c2ccccc2)cc(C(=O)OC)c1. The Labute approximate surface area is 184 Å². The van der Waals surface area contributed by atoms with Crippen molar-refractivity contribution < 1.29 is 23.9 Å². The molecule has 0 saturated heterocycles. The Kier molecular flexibility index (Phi) is 7.45. The quantitative estimate of drug-likeness (QED) is 0.427. The fraction of sp³-hybridized carbons (Fsp3) is 0.125. The molecular weight excluding hydrogens is 414 g/mol. The van der Waals surface area contributed by atoms with Crippen LogP contribution in [0, 0.1) is 0 Å². The summed E-state index contributed by atoms with van der Waals surface area (Å²) in [6, 6.07) is 23.3. The number of carbonyl (C=O) groups is 3. The van der Waals surface area contributed by atoms with Crippen molar-refractivity contribution in [1.29, 1.82) is 0 Å². The predicted molar refractivity (Wildman–Crippen MR) is 119 cm³/mol. The molecule has 3 aromatic rings. The largest absolute Gasteiger partial charge is 0.465 e. The smallest absolute Gasteiger partial charge is 0.337 e. The molecule has 1 N–H and O–H groups in total. The van der Waals surface area contributed by atoms with Gasteiger partial charge in [0.05, 0.1) is 25.3 Å². The molecule has 7 heteroatoms. The van der Waals surface area contributed by atoms with Crippen molar-refractivity contribution in [2.45, 2.75) is 10.1 Å². The summed E-state index contributed by atoms with van der Waals surface area (Å²) in [7, 11) is 2.49. The second-order valence-corrected chi connectivity index (χ2v) is 7.67. The van der Waals surface area contributed by atoms with Crippen LogP contribution in [0.4, 0.5) is 5.69 Å². The summed E-state index contributed by atoms with van der Waals surface area (Å²) in [6.07, 6.45) is 0. The molecule has 31 heavy (non-hydrogen) atoms. The Bertz CT molecular complexity index is 1040. The highest BCUT2D eigenvalue weighted by Gasteiger charge is 2.23. The van der Waals surface area contributed by atoms with Crippen molar-refractivity contribution in [2.75, 3.05) is 19.5 Å². The Balaban J connectivity index is 1.93. The lowest BCUT2D eigenvalue weighted by atomic mass is 10.1. The van der Waals surface area contributed by atoms with E-state index in [-0.39, 0.29) is 17.0 Å². The van der Waals surface area contributed by atoms with Crippen molar-refractivity contribution in [2.24, 2.45) is 0 Å². The van der Waals surface area contributed by atoms with Crippen LogP contribution < -0.4 is 5.32 Å². The van der Waals surface area contributed by atoms with Crippen LogP contribution >= 0.6 is 11.8 Å². The van der Waals surface area contributed by atoms with Crippen LogP contribution in [0.5, 0.6) is 0 Å². The lowest BCUT2D eigenvalue weighted by molar-refractivity contribution is -0.115. The monoisotopic (exact) mass is 435 g/mol. The lowest BCUT2D eigenvalue weighted by Crippen LogP contribution is -2.20. The third-order valence-corrected chi connectivity index (χ3v) is 5.65. The molecule has 0 unspecified atom stereocenters. The molecule has 6 nitrogen and oxygen atoms in total. The lowest BCUT2D eigenvalue weighted by Gasteiger charge is -2.18. The van der Waals surface area contributed by atoms with E-state index >= 15 is 0 Å². The minimum atomic E-state index is -0.625. The van der Waals surface area contributed by atoms with Crippen molar-refractivity contribution >= 4 is 35.3 Å². The number of carbonyl (C=O) groups excluding carboxylic acids is 3. The molecule has 1 atom stereocenters. The maximum Gasteiger partial charge on any atom is 0.337 e. The summed E-state index contributed by atoms with van der Waals surface area (Å²) in [5, 5.41) is 2.28. The zero-order chi connectivity index (χ0) is 22.2. The summed E-state index contributed by atoms with van der Waals surface area (Å²) in [6.45, 7) is 0. The van der Waals surface area contributed by atoms with Gasteiger partial charge in [-0.25, -0.2) is 9.59 Å². The van der Waals surface area contributed by atoms with Crippen LogP contribution in [-0.4, -0.2) is 32.1 Å². The molecule has 158 valence electrons. The Hall–Kier alpha value is -3.58. The van der Waals surface area contributed by atoms with E-state index in [4.69, 9.17) is 9.47 Å². The highest BCUT2D eigenvalue weighted by Crippen LogP contribution is 2.36. The molecule has 0 bridgehead atoms. The number of methoxy groups -OCH3 is 2. The number of benzene rings is 3. The van der Waals surface area contributed by atoms with Gasteiger partial charge in [0.25, 0.3) is 0 Å². The van der Waals surface area contributed by atoms with Gasteiger partial charge in [-0.05, 0) is 35.9 Å². The average molecular weight is 436 g/mol. The number of hydrogen-bond acceptors (Lipinski definition) is 6. The Morgan fingerprint density at radius 3 is 1.81 bits per heavy atom. The van der Waals surface area contributed by atoms with E-state index in [0.29, 0.717) is 5.69 Å². The first-order valence-electron chi connectivity index (χ1n) is 9.41.